The van der Waals surface area contributed by atoms with E-state index < -0.39 is 0 Å². The van der Waals surface area contributed by atoms with Crippen LogP contribution in [0.3, 0.4) is 0 Å². The lowest BCUT2D eigenvalue weighted by atomic mass is 10.1. The predicted molar refractivity (Wildman–Crippen MR) is 84.8 cm³/mol. The minimum atomic E-state index is -0.171. The van der Waals surface area contributed by atoms with Gasteiger partial charge in [0.05, 0.1) is 10.9 Å². The van der Waals surface area contributed by atoms with E-state index in [1.165, 1.54) is 0 Å². The van der Waals surface area contributed by atoms with Gasteiger partial charge in [-0.25, -0.2) is 4.98 Å². The maximum atomic E-state index is 12.7. The van der Waals surface area contributed by atoms with Gasteiger partial charge in [-0.15, -0.1) is 0 Å². The highest BCUT2D eigenvalue weighted by atomic mass is 35.5. The molecule has 1 aliphatic heterocycles. The highest BCUT2D eigenvalue weighted by Crippen LogP contribution is 2.35. The Balaban J connectivity index is 2.14. The van der Waals surface area contributed by atoms with Gasteiger partial charge in [0.2, 0.25) is 0 Å². The number of fused-ring (bicyclic) bond motifs is 4. The molecule has 2 heterocycles. The lowest BCUT2D eigenvalue weighted by Gasteiger charge is -2.28. The van der Waals surface area contributed by atoms with Gasteiger partial charge in [0, 0.05) is 16.3 Å². The van der Waals surface area contributed by atoms with E-state index in [-0.39, 0.29) is 11.7 Å². The molecule has 0 spiro atoms. The molecule has 21 heavy (non-hydrogen) atoms. The highest BCUT2D eigenvalue weighted by Gasteiger charge is 2.24. The number of benzene rings is 2. The number of nitrogens with one attached hydrogen (secondary N) is 1. The molecule has 0 fully saturated rings. The van der Waals surface area contributed by atoms with Crippen molar-refractivity contribution >= 4 is 28.2 Å². The Labute approximate surface area is 126 Å². The van der Waals surface area contributed by atoms with Crippen molar-refractivity contribution in [3.63, 3.8) is 0 Å². The molecular formula is C16H12ClN3O. The summed E-state index contributed by atoms with van der Waals surface area (Å²) in [6.07, 6.45) is -0.171. The van der Waals surface area contributed by atoms with Crippen LogP contribution in [0.2, 0.25) is 5.02 Å². The summed E-state index contributed by atoms with van der Waals surface area (Å²) in [7, 11) is 0. The van der Waals surface area contributed by atoms with E-state index in [4.69, 9.17) is 11.6 Å². The molecule has 0 bridgehead atoms. The van der Waals surface area contributed by atoms with E-state index in [1.54, 1.807) is 4.57 Å². The second-order valence-corrected chi connectivity index (χ2v) is 5.57. The monoisotopic (exact) mass is 297 g/mol. The van der Waals surface area contributed by atoms with Crippen LogP contribution in [0.5, 0.6) is 0 Å². The predicted octanol–water partition coefficient (Wildman–Crippen LogP) is 3.66. The average molecular weight is 298 g/mol. The van der Waals surface area contributed by atoms with Crippen LogP contribution in [0, 0.1) is 0 Å². The molecule has 2 aromatic carbocycles. The number of halogens is 1. The Kier molecular flexibility index (Phi) is 2.56. The molecule has 0 radical (unpaired) electrons. The molecule has 4 rings (SSSR count). The summed E-state index contributed by atoms with van der Waals surface area (Å²) in [4.78, 5) is 17.4. The molecule has 0 saturated heterocycles. The van der Waals surface area contributed by atoms with Crippen molar-refractivity contribution in [3.05, 3.63) is 57.8 Å². The molecule has 0 amide bonds. The smallest absolute Gasteiger partial charge is 0.263 e. The van der Waals surface area contributed by atoms with Crippen LogP contribution in [0.4, 0.5) is 5.69 Å². The molecule has 0 aliphatic carbocycles. The van der Waals surface area contributed by atoms with Crippen molar-refractivity contribution in [3.8, 4) is 11.4 Å². The fourth-order valence-corrected chi connectivity index (χ4v) is 2.99. The number of rotatable bonds is 0. The van der Waals surface area contributed by atoms with E-state index >= 15 is 0 Å². The molecule has 3 aromatic rings. The minimum Gasteiger partial charge on any atom is -0.364 e. The zero-order chi connectivity index (χ0) is 14.6. The molecule has 1 unspecified atom stereocenters. The van der Waals surface area contributed by atoms with Gasteiger partial charge < -0.3 is 5.32 Å². The third-order valence-corrected chi connectivity index (χ3v) is 4.02. The standard InChI is InChI=1S/C16H12ClN3O/c1-9-18-14-8-10(17)6-7-11(14)15-19-13-5-3-2-4-12(13)16(21)20(9)15/h2-9,18H,1H3. The summed E-state index contributed by atoms with van der Waals surface area (Å²) in [6, 6.07) is 13.0. The van der Waals surface area contributed by atoms with Crippen molar-refractivity contribution in [2.24, 2.45) is 0 Å². The number of para-hydroxylation sites is 1. The van der Waals surface area contributed by atoms with Crippen LogP contribution in [0.25, 0.3) is 22.3 Å². The van der Waals surface area contributed by atoms with Crippen molar-refractivity contribution in [2.45, 2.75) is 13.1 Å². The Morgan fingerprint density at radius 3 is 2.90 bits per heavy atom. The third-order valence-electron chi connectivity index (χ3n) is 3.78. The van der Waals surface area contributed by atoms with E-state index in [1.807, 2.05) is 49.4 Å². The van der Waals surface area contributed by atoms with E-state index in [9.17, 15) is 4.79 Å². The summed E-state index contributed by atoms with van der Waals surface area (Å²) in [5.41, 5.74) is 2.47. The maximum absolute atomic E-state index is 12.7. The van der Waals surface area contributed by atoms with Gasteiger partial charge in [-0.3, -0.25) is 9.36 Å². The largest absolute Gasteiger partial charge is 0.364 e. The van der Waals surface area contributed by atoms with Gasteiger partial charge in [-0.05, 0) is 37.3 Å². The van der Waals surface area contributed by atoms with Crippen molar-refractivity contribution in [2.75, 3.05) is 5.32 Å². The summed E-state index contributed by atoms with van der Waals surface area (Å²) < 4.78 is 1.69. The zero-order valence-electron chi connectivity index (χ0n) is 11.3. The van der Waals surface area contributed by atoms with Crippen molar-refractivity contribution in [1.82, 2.24) is 9.55 Å². The lowest BCUT2D eigenvalue weighted by Crippen LogP contribution is -2.33. The summed E-state index contributed by atoms with van der Waals surface area (Å²) in [6.45, 7) is 1.94. The van der Waals surface area contributed by atoms with Gasteiger partial charge in [-0.2, -0.15) is 0 Å². The first-order valence-corrected chi connectivity index (χ1v) is 7.11. The van der Waals surface area contributed by atoms with Crippen molar-refractivity contribution in [1.29, 1.82) is 0 Å². The molecular weight excluding hydrogens is 286 g/mol. The summed E-state index contributed by atoms with van der Waals surface area (Å²) in [5, 5.41) is 4.59. The number of hydrogen-bond acceptors (Lipinski definition) is 3. The van der Waals surface area contributed by atoms with Crippen molar-refractivity contribution < 1.29 is 0 Å². The van der Waals surface area contributed by atoms with Crippen LogP contribution in [-0.4, -0.2) is 9.55 Å². The Hall–Kier alpha value is -2.33. The normalized spacial score (nSPS) is 16.2. The molecule has 5 heteroatoms. The van der Waals surface area contributed by atoms with Gasteiger partial charge in [0.25, 0.3) is 5.56 Å². The minimum absolute atomic E-state index is 0.0313. The second-order valence-electron chi connectivity index (χ2n) is 5.14. The second kappa shape index (κ2) is 4.33. The number of aromatic nitrogens is 2. The topological polar surface area (TPSA) is 46.9 Å². The first-order chi connectivity index (χ1) is 10.1. The lowest BCUT2D eigenvalue weighted by molar-refractivity contribution is 0.585. The SMILES string of the molecule is CC1Nc2cc(Cl)ccc2-c2nc3ccccc3c(=O)n21. The highest BCUT2D eigenvalue weighted by molar-refractivity contribution is 6.31. The molecule has 1 N–H and O–H groups in total. The first-order valence-electron chi connectivity index (χ1n) is 6.73. The van der Waals surface area contributed by atoms with Crippen LogP contribution >= 0.6 is 11.6 Å². The van der Waals surface area contributed by atoms with Gasteiger partial charge >= 0.3 is 0 Å². The van der Waals surface area contributed by atoms with Crippen LogP contribution in [0.15, 0.2) is 47.3 Å². The first kappa shape index (κ1) is 12.4. The van der Waals surface area contributed by atoms with Crippen LogP contribution in [-0.2, 0) is 0 Å². The van der Waals surface area contributed by atoms with Gasteiger partial charge in [0.15, 0.2) is 0 Å². The molecule has 4 nitrogen and oxygen atoms in total. The molecule has 1 aromatic heterocycles. The Morgan fingerprint density at radius 2 is 2.05 bits per heavy atom. The summed E-state index contributed by atoms with van der Waals surface area (Å²) in [5.74, 6) is 0.677. The van der Waals surface area contributed by atoms with Crippen LogP contribution < -0.4 is 10.9 Å². The Morgan fingerprint density at radius 1 is 1.24 bits per heavy atom. The number of anilines is 1. The average Bonchev–Trinajstić information content (AvgIpc) is 2.47. The molecule has 1 aliphatic rings. The van der Waals surface area contributed by atoms with Gasteiger partial charge in [-0.1, -0.05) is 23.7 Å². The molecule has 1 atom stereocenters. The van der Waals surface area contributed by atoms with Crippen LogP contribution in [0.1, 0.15) is 13.1 Å². The fourth-order valence-electron chi connectivity index (χ4n) is 2.82. The molecule has 0 saturated carbocycles. The fraction of sp³-hybridized carbons (Fsp3) is 0.125. The quantitative estimate of drug-likeness (QED) is 0.689. The number of nitrogens with zero attached hydrogens (tertiary/aromatic N) is 2. The van der Waals surface area contributed by atoms with E-state index in [0.717, 1.165) is 11.3 Å². The Bertz CT molecular complexity index is 932. The maximum Gasteiger partial charge on any atom is 0.263 e. The zero-order valence-corrected chi connectivity index (χ0v) is 12.1. The van der Waals surface area contributed by atoms with E-state index in [0.29, 0.717) is 21.7 Å². The summed E-state index contributed by atoms with van der Waals surface area (Å²) >= 11 is 6.05. The van der Waals surface area contributed by atoms with E-state index in [2.05, 4.69) is 10.3 Å². The third kappa shape index (κ3) is 1.76. The van der Waals surface area contributed by atoms with Gasteiger partial charge in [0.1, 0.15) is 12.0 Å². The number of hydrogen-bond donors (Lipinski definition) is 1. The molecule has 104 valence electrons.